The third-order valence-electron chi connectivity index (χ3n) is 5.86. The lowest BCUT2D eigenvalue weighted by molar-refractivity contribution is 0.459. The van der Waals surface area contributed by atoms with Crippen LogP contribution in [-0.4, -0.2) is 6.71 Å². The Morgan fingerprint density at radius 2 is 1.41 bits per heavy atom. The Balaban J connectivity index is 1.97. The van der Waals surface area contributed by atoms with Gasteiger partial charge in [0, 0.05) is 5.46 Å². The Morgan fingerprint density at radius 3 is 2.10 bits per heavy atom. The van der Waals surface area contributed by atoms with Crippen LogP contribution in [0.25, 0.3) is 0 Å². The van der Waals surface area contributed by atoms with Gasteiger partial charge in [-0.3, -0.25) is 0 Å². The summed E-state index contributed by atoms with van der Waals surface area (Å²) in [5, 5.41) is 19.7. The lowest BCUT2D eigenvalue weighted by atomic mass is 9.34. The second-order valence-corrected chi connectivity index (χ2v) is 7.85. The lowest BCUT2D eigenvalue weighted by Crippen LogP contribution is -2.58. The maximum absolute atomic E-state index is 9.88. The van der Waals surface area contributed by atoms with Crippen molar-refractivity contribution in [2.75, 3.05) is 0 Å². The summed E-state index contributed by atoms with van der Waals surface area (Å²) in [6.45, 7) is 7.77. The maximum Gasteiger partial charge on any atom is 0.260 e. The van der Waals surface area contributed by atoms with Gasteiger partial charge in [-0.1, -0.05) is 35.4 Å². The SMILES string of the molecule is Cc1ccc2c(c1)B1c3cc(C)cc(C)c3Oc3c(C#N)c(C)c(C#N)c(c31)O2. The minimum absolute atomic E-state index is 0.147. The van der Waals surface area contributed by atoms with E-state index in [1.807, 2.05) is 19.1 Å². The molecular weight excluding hydrogens is 359 g/mol. The molecule has 0 amide bonds. The van der Waals surface area contributed by atoms with E-state index in [0.717, 1.165) is 44.6 Å². The average Bonchev–Trinajstić information content (AvgIpc) is 2.69. The molecule has 0 fully saturated rings. The molecule has 0 saturated heterocycles. The minimum atomic E-state index is -0.147. The largest absolute Gasteiger partial charge is 0.457 e. The van der Waals surface area contributed by atoms with Gasteiger partial charge >= 0.3 is 0 Å². The Bertz CT molecular complexity index is 1330. The molecule has 3 aromatic carbocycles. The Hall–Kier alpha value is -3.70. The van der Waals surface area contributed by atoms with Gasteiger partial charge in [0.15, 0.2) is 0 Å². The highest BCUT2D eigenvalue weighted by atomic mass is 16.5. The fraction of sp³-hybridized carbons (Fsp3) is 0.167. The van der Waals surface area contributed by atoms with Gasteiger partial charge in [-0.05, 0) is 55.8 Å². The quantitative estimate of drug-likeness (QED) is 0.389. The van der Waals surface area contributed by atoms with Crippen LogP contribution in [0.15, 0.2) is 30.3 Å². The number of hydrogen-bond donors (Lipinski definition) is 0. The number of nitriles is 2. The van der Waals surface area contributed by atoms with Crippen molar-refractivity contribution in [3.63, 3.8) is 0 Å². The molecule has 2 aliphatic heterocycles. The highest BCUT2D eigenvalue weighted by Crippen LogP contribution is 2.41. The van der Waals surface area contributed by atoms with Crippen molar-refractivity contribution in [2.24, 2.45) is 0 Å². The van der Waals surface area contributed by atoms with Crippen molar-refractivity contribution in [3.8, 4) is 35.1 Å². The molecule has 0 aliphatic carbocycles. The summed E-state index contributed by atoms with van der Waals surface area (Å²) < 4.78 is 12.6. The van der Waals surface area contributed by atoms with Gasteiger partial charge in [0.1, 0.15) is 35.1 Å². The molecule has 29 heavy (non-hydrogen) atoms. The first-order chi connectivity index (χ1) is 13.9. The van der Waals surface area contributed by atoms with E-state index < -0.39 is 0 Å². The third-order valence-corrected chi connectivity index (χ3v) is 5.86. The van der Waals surface area contributed by atoms with Crippen LogP contribution in [0.1, 0.15) is 33.4 Å². The van der Waals surface area contributed by atoms with E-state index in [1.54, 1.807) is 6.92 Å². The normalized spacial score (nSPS) is 12.6. The van der Waals surface area contributed by atoms with Crippen molar-refractivity contribution in [2.45, 2.75) is 27.7 Å². The average molecular weight is 376 g/mol. The monoisotopic (exact) mass is 376 g/mol. The van der Waals surface area contributed by atoms with Gasteiger partial charge in [0.2, 0.25) is 0 Å². The zero-order valence-corrected chi connectivity index (χ0v) is 16.7. The first-order valence-electron chi connectivity index (χ1n) is 9.52. The van der Waals surface area contributed by atoms with Crippen molar-refractivity contribution in [3.05, 3.63) is 63.7 Å². The summed E-state index contributed by atoms with van der Waals surface area (Å²) in [5.74, 6) is 2.54. The molecule has 5 rings (SSSR count). The van der Waals surface area contributed by atoms with Crippen molar-refractivity contribution >= 4 is 23.1 Å². The zero-order chi connectivity index (χ0) is 20.4. The fourth-order valence-electron chi connectivity index (χ4n) is 4.60. The third kappa shape index (κ3) is 2.25. The van der Waals surface area contributed by atoms with Crippen LogP contribution in [0, 0.1) is 50.4 Å². The summed E-state index contributed by atoms with van der Waals surface area (Å²) in [6, 6.07) is 14.8. The number of benzene rings is 3. The highest BCUT2D eigenvalue weighted by molar-refractivity contribution is 6.98. The number of hydrogen-bond acceptors (Lipinski definition) is 4. The predicted octanol–water partition coefficient (Wildman–Crippen LogP) is 3.39. The first-order valence-corrected chi connectivity index (χ1v) is 9.52. The molecule has 2 heterocycles. The molecule has 0 spiro atoms. The smallest absolute Gasteiger partial charge is 0.260 e. The Kier molecular flexibility index (Phi) is 3.54. The van der Waals surface area contributed by atoms with Gasteiger partial charge in [-0.15, -0.1) is 0 Å². The van der Waals surface area contributed by atoms with E-state index in [-0.39, 0.29) is 6.71 Å². The molecule has 2 aliphatic rings. The van der Waals surface area contributed by atoms with Gasteiger partial charge in [0.25, 0.3) is 6.71 Å². The topological polar surface area (TPSA) is 66.0 Å². The van der Waals surface area contributed by atoms with E-state index in [9.17, 15) is 10.5 Å². The summed E-state index contributed by atoms with van der Waals surface area (Å²) in [4.78, 5) is 0. The van der Waals surface area contributed by atoms with Crippen molar-refractivity contribution in [1.29, 1.82) is 10.5 Å². The molecule has 138 valence electrons. The van der Waals surface area contributed by atoms with Crippen LogP contribution in [0.2, 0.25) is 0 Å². The summed E-state index contributed by atoms with van der Waals surface area (Å²) in [6.07, 6.45) is 0. The second kappa shape index (κ2) is 5.90. The molecule has 0 unspecified atom stereocenters. The van der Waals surface area contributed by atoms with Crippen LogP contribution < -0.4 is 25.9 Å². The summed E-state index contributed by atoms with van der Waals surface area (Å²) in [5.41, 5.74) is 7.53. The van der Waals surface area contributed by atoms with E-state index in [4.69, 9.17) is 9.47 Å². The number of aryl methyl sites for hydroxylation is 3. The maximum atomic E-state index is 9.88. The summed E-state index contributed by atoms with van der Waals surface area (Å²) in [7, 11) is 0. The van der Waals surface area contributed by atoms with E-state index >= 15 is 0 Å². The molecule has 0 N–H and O–H groups in total. The molecule has 0 saturated carbocycles. The van der Waals surface area contributed by atoms with Crippen LogP contribution in [0.5, 0.6) is 23.0 Å². The van der Waals surface area contributed by atoms with Crippen LogP contribution in [0.4, 0.5) is 0 Å². The summed E-state index contributed by atoms with van der Waals surface area (Å²) >= 11 is 0. The van der Waals surface area contributed by atoms with E-state index in [0.29, 0.717) is 28.2 Å². The molecule has 4 nitrogen and oxygen atoms in total. The number of rotatable bonds is 0. The number of ether oxygens (including phenoxy) is 2. The van der Waals surface area contributed by atoms with Crippen LogP contribution in [0.3, 0.4) is 0 Å². The molecular formula is C24H17BN2O2. The molecule has 5 heteroatoms. The molecule has 0 bridgehead atoms. The van der Waals surface area contributed by atoms with Gasteiger partial charge in [-0.25, -0.2) is 0 Å². The molecule has 0 atom stereocenters. The Morgan fingerprint density at radius 1 is 0.759 bits per heavy atom. The second-order valence-electron chi connectivity index (χ2n) is 7.85. The van der Waals surface area contributed by atoms with Crippen molar-refractivity contribution < 1.29 is 9.47 Å². The molecule has 0 radical (unpaired) electrons. The van der Waals surface area contributed by atoms with Crippen LogP contribution in [-0.2, 0) is 0 Å². The number of fused-ring (bicyclic) bond motifs is 4. The van der Waals surface area contributed by atoms with E-state index in [2.05, 4.69) is 44.2 Å². The number of nitrogens with zero attached hydrogens (tertiary/aromatic N) is 2. The van der Waals surface area contributed by atoms with Gasteiger partial charge in [-0.2, -0.15) is 10.5 Å². The van der Waals surface area contributed by atoms with E-state index in [1.165, 1.54) is 0 Å². The van der Waals surface area contributed by atoms with Gasteiger partial charge in [0.05, 0.1) is 11.1 Å². The highest BCUT2D eigenvalue weighted by Gasteiger charge is 2.43. The lowest BCUT2D eigenvalue weighted by Gasteiger charge is -2.35. The fourth-order valence-corrected chi connectivity index (χ4v) is 4.60. The van der Waals surface area contributed by atoms with Crippen LogP contribution >= 0.6 is 0 Å². The molecule has 3 aromatic rings. The van der Waals surface area contributed by atoms with Crippen molar-refractivity contribution in [1.82, 2.24) is 0 Å². The van der Waals surface area contributed by atoms with Gasteiger partial charge < -0.3 is 9.47 Å². The minimum Gasteiger partial charge on any atom is -0.457 e. The molecule has 0 aromatic heterocycles. The Labute approximate surface area is 170 Å². The zero-order valence-electron chi connectivity index (χ0n) is 16.7. The predicted molar refractivity (Wildman–Crippen MR) is 113 cm³/mol. The first kappa shape index (κ1) is 17.4. The standard InChI is InChI=1S/C24H17BN2O2/c1-12-5-6-20-18(8-12)25-19-9-13(2)7-14(3)22(19)29-24-17(11-27)15(4)16(10-26)23(28-20)21(24)25/h5-9H,1-4H3.